The number of halogens is 1. The second kappa shape index (κ2) is 6.13. The SMILES string of the molecule is Cc1ccc(NCC(O)c2cccc(F)c2)nc1C#N. The van der Waals surface area contributed by atoms with Crippen LogP contribution in [0.25, 0.3) is 0 Å². The summed E-state index contributed by atoms with van der Waals surface area (Å²) in [6.07, 6.45) is -0.848. The van der Waals surface area contributed by atoms with Crippen molar-refractivity contribution in [1.29, 1.82) is 5.26 Å². The zero-order chi connectivity index (χ0) is 14.5. The molecule has 0 saturated heterocycles. The number of rotatable bonds is 4. The van der Waals surface area contributed by atoms with Gasteiger partial charge in [-0.15, -0.1) is 0 Å². The molecule has 0 aliphatic carbocycles. The van der Waals surface area contributed by atoms with E-state index in [1.165, 1.54) is 12.1 Å². The molecule has 0 aliphatic rings. The topological polar surface area (TPSA) is 68.9 Å². The Labute approximate surface area is 116 Å². The zero-order valence-corrected chi connectivity index (χ0v) is 11.0. The van der Waals surface area contributed by atoms with Crippen molar-refractivity contribution in [2.24, 2.45) is 0 Å². The van der Waals surface area contributed by atoms with Crippen LogP contribution in [0.15, 0.2) is 36.4 Å². The highest BCUT2D eigenvalue weighted by Crippen LogP contribution is 2.15. The highest BCUT2D eigenvalue weighted by molar-refractivity contribution is 5.42. The molecule has 2 rings (SSSR count). The fourth-order valence-corrected chi connectivity index (χ4v) is 1.77. The molecule has 2 aromatic rings. The molecule has 1 unspecified atom stereocenters. The third-order valence-electron chi connectivity index (χ3n) is 2.91. The number of nitrogens with one attached hydrogen (secondary N) is 1. The Kier molecular flexibility index (Phi) is 4.28. The molecule has 1 atom stereocenters. The first kappa shape index (κ1) is 14.0. The molecule has 102 valence electrons. The lowest BCUT2D eigenvalue weighted by molar-refractivity contribution is 0.191. The minimum Gasteiger partial charge on any atom is -0.387 e. The third kappa shape index (κ3) is 3.31. The summed E-state index contributed by atoms with van der Waals surface area (Å²) in [5.41, 5.74) is 1.63. The van der Waals surface area contributed by atoms with Gasteiger partial charge in [0.05, 0.1) is 6.10 Å². The molecule has 5 heteroatoms. The first-order valence-corrected chi connectivity index (χ1v) is 6.15. The summed E-state index contributed by atoms with van der Waals surface area (Å²) < 4.78 is 13.1. The molecule has 2 N–H and O–H groups in total. The minimum atomic E-state index is -0.848. The van der Waals surface area contributed by atoms with Gasteiger partial charge in [-0.05, 0) is 36.2 Å². The van der Waals surface area contributed by atoms with Crippen LogP contribution >= 0.6 is 0 Å². The van der Waals surface area contributed by atoms with Gasteiger partial charge in [0, 0.05) is 6.54 Å². The van der Waals surface area contributed by atoms with Crippen molar-refractivity contribution in [3.05, 3.63) is 59.0 Å². The first-order chi connectivity index (χ1) is 9.60. The monoisotopic (exact) mass is 271 g/mol. The van der Waals surface area contributed by atoms with E-state index in [2.05, 4.69) is 10.3 Å². The predicted molar refractivity (Wildman–Crippen MR) is 73.5 cm³/mol. The lowest BCUT2D eigenvalue weighted by atomic mass is 10.1. The molecule has 1 aromatic carbocycles. The van der Waals surface area contributed by atoms with Crippen LogP contribution in [-0.2, 0) is 0 Å². The van der Waals surface area contributed by atoms with Crippen molar-refractivity contribution in [3.63, 3.8) is 0 Å². The van der Waals surface area contributed by atoms with Crippen molar-refractivity contribution in [2.75, 3.05) is 11.9 Å². The molecule has 0 aliphatic heterocycles. The van der Waals surface area contributed by atoms with Crippen LogP contribution in [0.3, 0.4) is 0 Å². The maximum absolute atomic E-state index is 13.1. The zero-order valence-electron chi connectivity index (χ0n) is 11.0. The number of anilines is 1. The van der Waals surface area contributed by atoms with Gasteiger partial charge in [-0.25, -0.2) is 9.37 Å². The fraction of sp³-hybridized carbons (Fsp3) is 0.200. The van der Waals surface area contributed by atoms with E-state index < -0.39 is 6.10 Å². The van der Waals surface area contributed by atoms with Crippen LogP contribution < -0.4 is 5.32 Å². The molecule has 0 amide bonds. The van der Waals surface area contributed by atoms with E-state index in [4.69, 9.17) is 5.26 Å². The summed E-state index contributed by atoms with van der Waals surface area (Å²) in [6.45, 7) is 1.99. The maximum Gasteiger partial charge on any atom is 0.145 e. The second-order valence-corrected chi connectivity index (χ2v) is 4.43. The fourth-order valence-electron chi connectivity index (χ4n) is 1.77. The first-order valence-electron chi connectivity index (χ1n) is 6.15. The Hall–Kier alpha value is -2.45. The van der Waals surface area contributed by atoms with Crippen molar-refractivity contribution < 1.29 is 9.50 Å². The lowest BCUT2D eigenvalue weighted by Crippen LogP contribution is -2.13. The normalized spacial score (nSPS) is 11.7. The Balaban J connectivity index is 2.04. The highest BCUT2D eigenvalue weighted by atomic mass is 19.1. The number of benzene rings is 1. The van der Waals surface area contributed by atoms with Crippen LogP contribution in [0, 0.1) is 24.1 Å². The number of aliphatic hydroxyl groups is 1. The van der Waals surface area contributed by atoms with E-state index in [0.29, 0.717) is 17.1 Å². The van der Waals surface area contributed by atoms with Crippen molar-refractivity contribution in [2.45, 2.75) is 13.0 Å². The summed E-state index contributed by atoms with van der Waals surface area (Å²) in [7, 11) is 0. The Morgan fingerprint density at radius 3 is 2.90 bits per heavy atom. The molecule has 0 bridgehead atoms. The molecule has 1 heterocycles. The molecule has 1 aromatic heterocycles. The molecule has 0 saturated carbocycles. The molecule has 4 nitrogen and oxygen atoms in total. The summed E-state index contributed by atoms with van der Waals surface area (Å²) >= 11 is 0. The molecule has 0 radical (unpaired) electrons. The molecule has 0 fully saturated rings. The molecule has 20 heavy (non-hydrogen) atoms. The van der Waals surface area contributed by atoms with Gasteiger partial charge in [0.1, 0.15) is 23.4 Å². The maximum atomic E-state index is 13.1. The standard InChI is InChI=1S/C15H14FN3O/c1-10-5-6-15(19-13(10)8-17)18-9-14(20)11-3-2-4-12(16)7-11/h2-7,14,20H,9H2,1H3,(H,18,19). The van der Waals surface area contributed by atoms with Gasteiger partial charge in [-0.1, -0.05) is 18.2 Å². The van der Waals surface area contributed by atoms with E-state index >= 15 is 0 Å². The Morgan fingerprint density at radius 1 is 1.40 bits per heavy atom. The quantitative estimate of drug-likeness (QED) is 0.896. The number of aromatic nitrogens is 1. The number of hydrogen-bond donors (Lipinski definition) is 2. The van der Waals surface area contributed by atoms with Crippen LogP contribution in [0.4, 0.5) is 10.2 Å². The average molecular weight is 271 g/mol. The van der Waals surface area contributed by atoms with Crippen LogP contribution in [0.5, 0.6) is 0 Å². The summed E-state index contributed by atoms with van der Waals surface area (Å²) in [6, 6.07) is 11.3. The number of aryl methyl sites for hydroxylation is 1. The Bertz CT molecular complexity index is 652. The van der Waals surface area contributed by atoms with Gasteiger partial charge in [0.25, 0.3) is 0 Å². The molecule has 0 spiro atoms. The van der Waals surface area contributed by atoms with E-state index in [9.17, 15) is 9.50 Å². The van der Waals surface area contributed by atoms with Gasteiger partial charge in [-0.2, -0.15) is 5.26 Å². The van der Waals surface area contributed by atoms with E-state index in [-0.39, 0.29) is 12.4 Å². The van der Waals surface area contributed by atoms with Crippen molar-refractivity contribution in [3.8, 4) is 6.07 Å². The van der Waals surface area contributed by atoms with E-state index in [1.807, 2.05) is 6.07 Å². The van der Waals surface area contributed by atoms with E-state index in [1.54, 1.807) is 31.2 Å². The predicted octanol–water partition coefficient (Wildman–Crippen LogP) is 2.55. The van der Waals surface area contributed by atoms with E-state index in [0.717, 1.165) is 5.56 Å². The minimum absolute atomic E-state index is 0.185. The number of nitriles is 1. The second-order valence-electron chi connectivity index (χ2n) is 4.43. The van der Waals surface area contributed by atoms with Crippen LogP contribution in [0.1, 0.15) is 22.9 Å². The van der Waals surface area contributed by atoms with Crippen molar-refractivity contribution in [1.82, 2.24) is 4.98 Å². The number of nitrogens with zero attached hydrogens (tertiary/aromatic N) is 2. The van der Waals surface area contributed by atoms with Crippen LogP contribution in [-0.4, -0.2) is 16.6 Å². The van der Waals surface area contributed by atoms with Gasteiger partial charge in [-0.3, -0.25) is 0 Å². The van der Waals surface area contributed by atoms with Crippen molar-refractivity contribution >= 4 is 5.82 Å². The van der Waals surface area contributed by atoms with Gasteiger partial charge in [0.2, 0.25) is 0 Å². The molecular weight excluding hydrogens is 257 g/mol. The smallest absolute Gasteiger partial charge is 0.145 e. The number of hydrogen-bond acceptors (Lipinski definition) is 4. The van der Waals surface area contributed by atoms with Gasteiger partial charge < -0.3 is 10.4 Å². The average Bonchev–Trinajstić information content (AvgIpc) is 2.46. The summed E-state index contributed by atoms with van der Waals surface area (Å²) in [5.74, 6) is 0.115. The van der Waals surface area contributed by atoms with Gasteiger partial charge >= 0.3 is 0 Å². The number of pyridine rings is 1. The number of aliphatic hydroxyl groups excluding tert-OH is 1. The highest BCUT2D eigenvalue weighted by Gasteiger charge is 2.09. The Morgan fingerprint density at radius 2 is 2.20 bits per heavy atom. The summed E-state index contributed by atoms with van der Waals surface area (Å²) in [5, 5.41) is 21.8. The lowest BCUT2D eigenvalue weighted by Gasteiger charge is -2.13. The molecular formula is C15H14FN3O. The summed E-state index contributed by atoms with van der Waals surface area (Å²) in [4.78, 5) is 4.12. The third-order valence-corrected chi connectivity index (χ3v) is 2.91. The van der Waals surface area contributed by atoms with Gasteiger partial charge in [0.15, 0.2) is 0 Å². The van der Waals surface area contributed by atoms with Crippen LogP contribution in [0.2, 0.25) is 0 Å². The largest absolute Gasteiger partial charge is 0.387 e.